The van der Waals surface area contributed by atoms with E-state index in [9.17, 15) is 0 Å². The lowest BCUT2D eigenvalue weighted by Gasteiger charge is -2.12. The molecule has 0 aromatic rings. The average molecular weight is 169 g/mol. The topological polar surface area (TPSA) is 12.0 Å². The van der Waals surface area contributed by atoms with Crippen LogP contribution in [0.1, 0.15) is 40.0 Å². The lowest BCUT2D eigenvalue weighted by molar-refractivity contribution is 0.499. The molecule has 0 spiro atoms. The van der Waals surface area contributed by atoms with Crippen LogP contribution in [0.15, 0.2) is 12.2 Å². The van der Waals surface area contributed by atoms with Gasteiger partial charge in [-0.05, 0) is 38.3 Å². The van der Waals surface area contributed by atoms with Gasteiger partial charge in [-0.2, -0.15) is 0 Å². The van der Waals surface area contributed by atoms with Crippen LogP contribution in [-0.2, 0) is 0 Å². The minimum atomic E-state index is 0.788. The van der Waals surface area contributed by atoms with Crippen molar-refractivity contribution in [3.8, 4) is 0 Å². The Morgan fingerprint density at radius 3 is 2.58 bits per heavy atom. The molecule has 0 aliphatic heterocycles. The van der Waals surface area contributed by atoms with Gasteiger partial charge in [0.25, 0.3) is 0 Å². The van der Waals surface area contributed by atoms with Gasteiger partial charge in [0.05, 0.1) is 0 Å². The van der Waals surface area contributed by atoms with Crippen molar-refractivity contribution >= 4 is 0 Å². The predicted octanol–water partition coefficient (Wildman–Crippen LogP) is 2.98. The smallest absolute Gasteiger partial charge is 0.00464 e. The zero-order chi connectivity index (χ0) is 9.40. The lowest BCUT2D eigenvalue weighted by atomic mass is 9.98. The van der Waals surface area contributed by atoms with Gasteiger partial charge >= 0.3 is 0 Å². The molecule has 0 amide bonds. The number of hydrogen-bond acceptors (Lipinski definition) is 1. The van der Waals surface area contributed by atoms with Crippen LogP contribution < -0.4 is 5.32 Å². The zero-order valence-corrected chi connectivity index (χ0v) is 8.82. The predicted molar refractivity (Wildman–Crippen MR) is 56.4 cm³/mol. The Hall–Kier alpha value is -0.300. The van der Waals surface area contributed by atoms with Crippen LogP contribution in [0.2, 0.25) is 0 Å². The first-order chi connectivity index (χ1) is 5.70. The molecule has 1 heteroatoms. The second-order valence-electron chi connectivity index (χ2n) is 3.56. The third kappa shape index (κ3) is 6.41. The summed E-state index contributed by atoms with van der Waals surface area (Å²) in [5.74, 6) is 0.788. The second kappa shape index (κ2) is 7.35. The van der Waals surface area contributed by atoms with Crippen LogP contribution in [-0.4, -0.2) is 13.1 Å². The molecule has 0 aliphatic carbocycles. The van der Waals surface area contributed by atoms with Crippen LogP contribution in [0.3, 0.4) is 0 Å². The highest BCUT2D eigenvalue weighted by Crippen LogP contribution is 2.14. The average Bonchev–Trinajstić information content (AvgIpc) is 2.05. The lowest BCUT2D eigenvalue weighted by Crippen LogP contribution is -2.16. The van der Waals surface area contributed by atoms with Crippen LogP contribution in [0, 0.1) is 5.92 Å². The first-order valence-corrected chi connectivity index (χ1v) is 5.08. The summed E-state index contributed by atoms with van der Waals surface area (Å²) in [6.45, 7) is 12.9. The van der Waals surface area contributed by atoms with E-state index >= 15 is 0 Å². The second-order valence-corrected chi connectivity index (χ2v) is 3.56. The van der Waals surface area contributed by atoms with Crippen LogP contribution in [0.5, 0.6) is 0 Å². The van der Waals surface area contributed by atoms with E-state index in [1.807, 2.05) is 0 Å². The van der Waals surface area contributed by atoms with Gasteiger partial charge in [0.2, 0.25) is 0 Å². The van der Waals surface area contributed by atoms with Gasteiger partial charge in [-0.3, -0.25) is 0 Å². The fraction of sp³-hybridized carbons (Fsp3) is 0.818. The number of nitrogens with one attached hydrogen (secondary N) is 1. The standard InChI is InChI=1S/C11H23N/c1-5-10(3)9-11(4)7-8-12-6-2/h11-12H,3,5-9H2,1-2,4H3. The Morgan fingerprint density at radius 2 is 2.08 bits per heavy atom. The monoisotopic (exact) mass is 169 g/mol. The van der Waals surface area contributed by atoms with E-state index in [-0.39, 0.29) is 0 Å². The molecule has 0 aromatic heterocycles. The van der Waals surface area contributed by atoms with E-state index in [0.29, 0.717) is 0 Å². The number of allylic oxidation sites excluding steroid dienone is 1. The van der Waals surface area contributed by atoms with Crippen molar-refractivity contribution in [2.24, 2.45) is 5.92 Å². The maximum Gasteiger partial charge on any atom is -0.00464 e. The Bertz CT molecular complexity index is 118. The molecule has 0 rings (SSSR count). The molecule has 0 saturated heterocycles. The molecular weight excluding hydrogens is 146 g/mol. The number of hydrogen-bond donors (Lipinski definition) is 1. The Balaban J connectivity index is 3.32. The molecule has 0 heterocycles. The normalized spacial score (nSPS) is 12.9. The van der Waals surface area contributed by atoms with Gasteiger partial charge in [-0.25, -0.2) is 0 Å². The summed E-state index contributed by atoms with van der Waals surface area (Å²) in [4.78, 5) is 0. The third-order valence-corrected chi connectivity index (χ3v) is 2.20. The summed E-state index contributed by atoms with van der Waals surface area (Å²) in [6, 6.07) is 0. The van der Waals surface area contributed by atoms with Crippen LogP contribution >= 0.6 is 0 Å². The fourth-order valence-electron chi connectivity index (χ4n) is 1.26. The van der Waals surface area contributed by atoms with Crippen molar-refractivity contribution in [3.63, 3.8) is 0 Å². The summed E-state index contributed by atoms with van der Waals surface area (Å²) in [5.41, 5.74) is 1.39. The maximum atomic E-state index is 4.02. The van der Waals surface area contributed by atoms with Crippen molar-refractivity contribution in [1.29, 1.82) is 0 Å². The van der Waals surface area contributed by atoms with Gasteiger partial charge in [0.15, 0.2) is 0 Å². The van der Waals surface area contributed by atoms with E-state index < -0.39 is 0 Å². The first-order valence-electron chi connectivity index (χ1n) is 5.08. The third-order valence-electron chi connectivity index (χ3n) is 2.20. The summed E-state index contributed by atoms with van der Waals surface area (Å²) >= 11 is 0. The van der Waals surface area contributed by atoms with Gasteiger partial charge < -0.3 is 5.32 Å². The molecule has 1 N–H and O–H groups in total. The van der Waals surface area contributed by atoms with E-state index in [0.717, 1.165) is 25.4 Å². The molecule has 72 valence electrons. The van der Waals surface area contributed by atoms with Crippen LogP contribution in [0.4, 0.5) is 0 Å². The summed E-state index contributed by atoms with van der Waals surface area (Å²) < 4.78 is 0. The number of rotatable bonds is 7. The molecule has 0 fully saturated rings. The Labute approximate surface area is 77.2 Å². The van der Waals surface area contributed by atoms with E-state index in [1.165, 1.54) is 18.4 Å². The molecule has 1 unspecified atom stereocenters. The molecular formula is C11H23N. The summed E-state index contributed by atoms with van der Waals surface area (Å²) in [7, 11) is 0. The summed E-state index contributed by atoms with van der Waals surface area (Å²) in [6.07, 6.45) is 3.60. The Morgan fingerprint density at radius 1 is 1.42 bits per heavy atom. The molecule has 0 aromatic carbocycles. The first kappa shape index (κ1) is 11.7. The van der Waals surface area contributed by atoms with E-state index in [4.69, 9.17) is 0 Å². The molecule has 0 radical (unpaired) electrons. The molecule has 1 nitrogen and oxygen atoms in total. The highest BCUT2D eigenvalue weighted by atomic mass is 14.8. The van der Waals surface area contributed by atoms with Gasteiger partial charge in [-0.15, -0.1) is 0 Å². The van der Waals surface area contributed by atoms with Crippen molar-refractivity contribution in [2.75, 3.05) is 13.1 Å². The van der Waals surface area contributed by atoms with Crippen molar-refractivity contribution < 1.29 is 0 Å². The largest absolute Gasteiger partial charge is 0.317 e. The van der Waals surface area contributed by atoms with E-state index in [1.54, 1.807) is 0 Å². The fourth-order valence-corrected chi connectivity index (χ4v) is 1.26. The zero-order valence-electron chi connectivity index (χ0n) is 8.82. The molecule has 0 aliphatic rings. The molecule has 0 bridgehead atoms. The van der Waals surface area contributed by atoms with Gasteiger partial charge in [-0.1, -0.05) is 32.9 Å². The van der Waals surface area contributed by atoms with Gasteiger partial charge in [0, 0.05) is 0 Å². The van der Waals surface area contributed by atoms with E-state index in [2.05, 4.69) is 32.7 Å². The van der Waals surface area contributed by atoms with Crippen molar-refractivity contribution in [1.82, 2.24) is 5.32 Å². The summed E-state index contributed by atoms with van der Waals surface area (Å²) in [5, 5.41) is 3.34. The Kier molecular flexibility index (Phi) is 7.17. The quantitative estimate of drug-likeness (QED) is 0.456. The minimum absolute atomic E-state index is 0.788. The molecule has 0 saturated carbocycles. The minimum Gasteiger partial charge on any atom is -0.317 e. The van der Waals surface area contributed by atoms with Gasteiger partial charge in [0.1, 0.15) is 0 Å². The van der Waals surface area contributed by atoms with Crippen molar-refractivity contribution in [2.45, 2.75) is 40.0 Å². The molecule has 1 atom stereocenters. The highest BCUT2D eigenvalue weighted by Gasteiger charge is 2.02. The SMILES string of the molecule is C=C(CC)CC(C)CCNCC. The highest BCUT2D eigenvalue weighted by molar-refractivity contribution is 4.93. The van der Waals surface area contributed by atoms with Crippen molar-refractivity contribution in [3.05, 3.63) is 12.2 Å². The van der Waals surface area contributed by atoms with Crippen LogP contribution in [0.25, 0.3) is 0 Å². The maximum absolute atomic E-state index is 4.02. The molecule has 12 heavy (non-hydrogen) atoms.